The Labute approximate surface area is 89.2 Å². The summed E-state index contributed by atoms with van der Waals surface area (Å²) in [5, 5.41) is 0. The van der Waals surface area contributed by atoms with Crippen LogP contribution >= 0.6 is 12.6 Å². The third kappa shape index (κ3) is 3.23. The molecule has 0 fully saturated rings. The van der Waals surface area contributed by atoms with Gasteiger partial charge < -0.3 is 0 Å². The Morgan fingerprint density at radius 1 is 1.57 bits per heavy atom. The lowest BCUT2D eigenvalue weighted by molar-refractivity contribution is 0.101. The highest BCUT2D eigenvalue weighted by Gasteiger charge is 1.99. The molecule has 0 unspecified atom stereocenters. The standard InChI is InChI=1S/C11H11NOS/c1-9(13)11-7-4-6-10(12-11)5-2-3-8-14/h4,6-7,14H,3,8H2,1H3. The van der Waals surface area contributed by atoms with Gasteiger partial charge in [0.15, 0.2) is 5.78 Å². The quantitative estimate of drug-likeness (QED) is 0.454. The molecule has 0 N–H and O–H groups in total. The van der Waals surface area contributed by atoms with Crippen molar-refractivity contribution in [3.63, 3.8) is 0 Å². The van der Waals surface area contributed by atoms with Gasteiger partial charge in [0.1, 0.15) is 11.4 Å². The molecule has 0 aliphatic carbocycles. The number of hydrogen-bond donors (Lipinski definition) is 1. The maximum absolute atomic E-state index is 11.0. The lowest BCUT2D eigenvalue weighted by Gasteiger charge is -1.94. The second-order valence-electron chi connectivity index (χ2n) is 2.74. The Hall–Kier alpha value is -1.27. The molecule has 0 spiro atoms. The SMILES string of the molecule is CC(=O)c1cccc(C#CCCS)n1. The van der Waals surface area contributed by atoms with Crippen molar-refractivity contribution in [3.8, 4) is 11.8 Å². The van der Waals surface area contributed by atoms with Crippen LogP contribution in [0.2, 0.25) is 0 Å². The molecule has 14 heavy (non-hydrogen) atoms. The van der Waals surface area contributed by atoms with Gasteiger partial charge in [-0.15, -0.1) is 0 Å². The van der Waals surface area contributed by atoms with Crippen molar-refractivity contribution < 1.29 is 4.79 Å². The van der Waals surface area contributed by atoms with Crippen LogP contribution in [-0.4, -0.2) is 16.5 Å². The lowest BCUT2D eigenvalue weighted by Crippen LogP contribution is -1.97. The van der Waals surface area contributed by atoms with Crippen LogP contribution in [0.4, 0.5) is 0 Å². The molecular formula is C11H11NOS. The first-order valence-electron chi connectivity index (χ1n) is 4.32. The number of nitrogens with zero attached hydrogens (tertiary/aromatic N) is 1. The molecule has 3 heteroatoms. The number of hydrogen-bond acceptors (Lipinski definition) is 3. The minimum Gasteiger partial charge on any atom is -0.293 e. The zero-order valence-corrected chi connectivity index (χ0v) is 8.84. The number of rotatable bonds is 2. The van der Waals surface area contributed by atoms with E-state index in [2.05, 4.69) is 29.5 Å². The molecule has 0 radical (unpaired) electrons. The van der Waals surface area contributed by atoms with Gasteiger partial charge >= 0.3 is 0 Å². The lowest BCUT2D eigenvalue weighted by atomic mass is 10.2. The van der Waals surface area contributed by atoms with Gasteiger partial charge in [0.2, 0.25) is 0 Å². The Morgan fingerprint density at radius 2 is 2.36 bits per heavy atom. The molecule has 1 rings (SSSR count). The normalized spacial score (nSPS) is 9.00. The number of Topliss-reactive ketones (excluding diaryl/α,β-unsaturated/α-hetero) is 1. The Kier molecular flexibility index (Phi) is 4.21. The van der Waals surface area contributed by atoms with Crippen LogP contribution in [0.25, 0.3) is 0 Å². The van der Waals surface area contributed by atoms with Crippen molar-refractivity contribution in [3.05, 3.63) is 29.6 Å². The topological polar surface area (TPSA) is 30.0 Å². The maximum Gasteiger partial charge on any atom is 0.178 e. The summed E-state index contributed by atoms with van der Waals surface area (Å²) in [5.74, 6) is 6.49. The third-order valence-electron chi connectivity index (χ3n) is 1.56. The monoisotopic (exact) mass is 205 g/mol. The van der Waals surface area contributed by atoms with Crippen LogP contribution in [0.1, 0.15) is 29.5 Å². The number of thiol groups is 1. The number of pyridine rings is 1. The fourth-order valence-corrected chi connectivity index (χ4v) is 1.02. The van der Waals surface area contributed by atoms with E-state index < -0.39 is 0 Å². The smallest absolute Gasteiger partial charge is 0.178 e. The maximum atomic E-state index is 11.0. The van der Waals surface area contributed by atoms with Crippen LogP contribution < -0.4 is 0 Å². The van der Waals surface area contributed by atoms with Gasteiger partial charge in [-0.3, -0.25) is 4.79 Å². The molecule has 72 valence electrons. The molecule has 1 aromatic rings. The van der Waals surface area contributed by atoms with Gasteiger partial charge in [0.25, 0.3) is 0 Å². The second-order valence-corrected chi connectivity index (χ2v) is 3.19. The summed E-state index contributed by atoms with van der Waals surface area (Å²) in [4.78, 5) is 15.1. The highest BCUT2D eigenvalue weighted by Crippen LogP contribution is 1.99. The van der Waals surface area contributed by atoms with Crippen molar-refractivity contribution in [2.24, 2.45) is 0 Å². The molecule has 0 atom stereocenters. The van der Waals surface area contributed by atoms with Gasteiger partial charge in [-0.1, -0.05) is 12.0 Å². The van der Waals surface area contributed by atoms with Crippen molar-refractivity contribution >= 4 is 18.4 Å². The van der Waals surface area contributed by atoms with Crippen LogP contribution in [0, 0.1) is 11.8 Å². The summed E-state index contributed by atoms with van der Waals surface area (Å²) in [6, 6.07) is 5.26. The average molecular weight is 205 g/mol. The van der Waals surface area contributed by atoms with E-state index in [1.54, 1.807) is 18.2 Å². The predicted octanol–water partition coefficient (Wildman–Crippen LogP) is 1.96. The molecule has 0 bridgehead atoms. The van der Waals surface area contributed by atoms with Crippen molar-refractivity contribution in [2.75, 3.05) is 5.75 Å². The molecule has 0 aliphatic heterocycles. The van der Waals surface area contributed by atoms with E-state index in [1.165, 1.54) is 6.92 Å². The summed E-state index contributed by atoms with van der Waals surface area (Å²) in [6.07, 6.45) is 0.731. The van der Waals surface area contributed by atoms with Crippen LogP contribution in [0.3, 0.4) is 0 Å². The van der Waals surface area contributed by atoms with E-state index >= 15 is 0 Å². The summed E-state index contributed by atoms with van der Waals surface area (Å²) < 4.78 is 0. The molecule has 0 saturated heterocycles. The van der Waals surface area contributed by atoms with Crippen molar-refractivity contribution in [1.29, 1.82) is 0 Å². The fourth-order valence-electron chi connectivity index (χ4n) is 0.909. The summed E-state index contributed by atoms with van der Waals surface area (Å²) in [7, 11) is 0. The van der Waals surface area contributed by atoms with E-state index in [1.807, 2.05) is 0 Å². The highest BCUT2D eigenvalue weighted by molar-refractivity contribution is 7.80. The zero-order valence-electron chi connectivity index (χ0n) is 7.95. The van der Waals surface area contributed by atoms with Crippen LogP contribution in [0.5, 0.6) is 0 Å². The van der Waals surface area contributed by atoms with E-state index in [-0.39, 0.29) is 5.78 Å². The Bertz CT molecular complexity index is 390. The molecule has 2 nitrogen and oxygen atoms in total. The first kappa shape index (κ1) is 10.8. The van der Waals surface area contributed by atoms with Crippen molar-refractivity contribution in [2.45, 2.75) is 13.3 Å². The van der Waals surface area contributed by atoms with Gasteiger partial charge in [-0.25, -0.2) is 4.98 Å². The summed E-state index contributed by atoms with van der Waals surface area (Å²) in [5.41, 5.74) is 1.10. The van der Waals surface area contributed by atoms with E-state index in [9.17, 15) is 4.79 Å². The third-order valence-corrected chi connectivity index (χ3v) is 1.79. The highest BCUT2D eigenvalue weighted by atomic mass is 32.1. The second kappa shape index (κ2) is 5.46. The first-order valence-corrected chi connectivity index (χ1v) is 4.95. The molecule has 1 aromatic heterocycles. The molecule has 0 aliphatic rings. The molecule has 0 amide bonds. The van der Waals surface area contributed by atoms with Gasteiger partial charge in [-0.2, -0.15) is 12.6 Å². The number of ketones is 1. The molecule has 0 aromatic carbocycles. The average Bonchev–Trinajstić information content (AvgIpc) is 2.19. The fraction of sp³-hybridized carbons (Fsp3) is 0.273. The van der Waals surface area contributed by atoms with Crippen molar-refractivity contribution in [1.82, 2.24) is 4.98 Å². The largest absolute Gasteiger partial charge is 0.293 e. The van der Waals surface area contributed by atoms with Crippen LogP contribution in [-0.2, 0) is 0 Å². The summed E-state index contributed by atoms with van der Waals surface area (Å²) in [6.45, 7) is 1.49. The summed E-state index contributed by atoms with van der Waals surface area (Å²) >= 11 is 4.04. The van der Waals surface area contributed by atoms with E-state index in [0.29, 0.717) is 11.4 Å². The predicted molar refractivity (Wildman–Crippen MR) is 59.6 cm³/mol. The van der Waals surface area contributed by atoms with E-state index in [4.69, 9.17) is 0 Å². The number of carbonyl (C=O) groups is 1. The van der Waals surface area contributed by atoms with Gasteiger partial charge in [-0.05, 0) is 18.1 Å². The minimum absolute atomic E-state index is 0.0390. The van der Waals surface area contributed by atoms with E-state index in [0.717, 1.165) is 12.2 Å². The molecule has 0 saturated carbocycles. The Morgan fingerprint density at radius 3 is 3.00 bits per heavy atom. The first-order chi connectivity index (χ1) is 6.74. The zero-order chi connectivity index (χ0) is 10.4. The minimum atomic E-state index is -0.0390. The number of aromatic nitrogens is 1. The van der Waals surface area contributed by atoms with Gasteiger partial charge in [0.05, 0.1) is 0 Å². The van der Waals surface area contributed by atoms with Gasteiger partial charge in [0, 0.05) is 19.1 Å². The Balaban J connectivity index is 2.85. The van der Waals surface area contributed by atoms with Crippen LogP contribution in [0.15, 0.2) is 18.2 Å². The molecular weight excluding hydrogens is 194 g/mol. The molecule has 1 heterocycles. The number of carbonyl (C=O) groups excluding carboxylic acids is 1.